The lowest BCUT2D eigenvalue weighted by molar-refractivity contribution is -0.130. The Kier molecular flexibility index (Phi) is 6.04. The minimum Gasteiger partial charge on any atom is -0.332 e. The first kappa shape index (κ1) is 21.3. The number of piperidine rings is 1. The molecule has 1 aromatic heterocycles. The molecule has 5 rings (SSSR count). The molecule has 0 N–H and O–H groups in total. The van der Waals surface area contributed by atoms with E-state index in [1.807, 2.05) is 13.8 Å². The summed E-state index contributed by atoms with van der Waals surface area (Å²) in [5.74, 6) is 3.27. The monoisotopic (exact) mass is 425 g/mol. The Morgan fingerprint density at radius 1 is 1.03 bits per heavy atom. The van der Waals surface area contributed by atoms with Crippen molar-refractivity contribution in [2.45, 2.75) is 70.4 Å². The van der Waals surface area contributed by atoms with E-state index in [9.17, 15) is 4.79 Å². The molecule has 1 saturated carbocycles. The first-order valence-electron chi connectivity index (χ1n) is 12.5. The Hall–Kier alpha value is -1.53. The van der Waals surface area contributed by atoms with Crippen LogP contribution in [0.1, 0.15) is 63.9 Å². The maximum Gasteiger partial charge on any atom is 0.225 e. The number of aromatic nitrogens is 2. The van der Waals surface area contributed by atoms with Crippen molar-refractivity contribution >= 4 is 11.7 Å². The van der Waals surface area contributed by atoms with Gasteiger partial charge in [0, 0.05) is 55.9 Å². The van der Waals surface area contributed by atoms with Crippen LogP contribution in [0, 0.1) is 17.8 Å². The second kappa shape index (κ2) is 8.78. The van der Waals surface area contributed by atoms with Crippen molar-refractivity contribution in [2.75, 3.05) is 44.7 Å². The normalized spacial score (nSPS) is 32.5. The molecule has 170 valence electrons. The van der Waals surface area contributed by atoms with Crippen LogP contribution in [-0.4, -0.2) is 77.4 Å². The summed E-state index contributed by atoms with van der Waals surface area (Å²) in [5.41, 5.74) is 1.32. The molecule has 0 aromatic carbocycles. The number of rotatable bonds is 6. The van der Waals surface area contributed by atoms with Gasteiger partial charge in [0.05, 0.1) is 0 Å². The Labute approximate surface area is 187 Å². The number of carbonyl (C=O) groups is 1. The van der Waals surface area contributed by atoms with E-state index in [4.69, 9.17) is 9.97 Å². The maximum absolute atomic E-state index is 12.1. The molecule has 0 spiro atoms. The summed E-state index contributed by atoms with van der Waals surface area (Å²) in [6.45, 7) is 9.83. The van der Waals surface area contributed by atoms with E-state index in [0.717, 1.165) is 50.9 Å². The third-order valence-electron chi connectivity index (χ3n) is 8.34. The van der Waals surface area contributed by atoms with Gasteiger partial charge in [-0.2, -0.15) is 0 Å². The van der Waals surface area contributed by atoms with Gasteiger partial charge < -0.3 is 14.7 Å². The molecule has 2 atom stereocenters. The average molecular weight is 426 g/mol. The fourth-order valence-corrected chi connectivity index (χ4v) is 6.52. The fraction of sp³-hybridized carbons (Fsp3) is 0.800. The van der Waals surface area contributed by atoms with Gasteiger partial charge in [0.2, 0.25) is 5.95 Å². The van der Waals surface area contributed by atoms with Gasteiger partial charge >= 0.3 is 0 Å². The van der Waals surface area contributed by atoms with Crippen molar-refractivity contribution in [2.24, 2.45) is 17.8 Å². The minimum atomic E-state index is 0.196. The lowest BCUT2D eigenvalue weighted by atomic mass is 9.70. The predicted octanol–water partition coefficient (Wildman–Crippen LogP) is 3.19. The summed E-state index contributed by atoms with van der Waals surface area (Å²) < 4.78 is 0. The highest BCUT2D eigenvalue weighted by molar-refractivity contribution is 5.83. The summed E-state index contributed by atoms with van der Waals surface area (Å²) in [6, 6.07) is 1.17. The van der Waals surface area contributed by atoms with E-state index in [1.54, 1.807) is 0 Å². The van der Waals surface area contributed by atoms with Gasteiger partial charge in [0.15, 0.2) is 0 Å². The van der Waals surface area contributed by atoms with Gasteiger partial charge in [-0.25, -0.2) is 9.97 Å². The molecule has 3 saturated heterocycles. The summed E-state index contributed by atoms with van der Waals surface area (Å²) in [6.07, 6.45) is 11.4. The molecule has 1 aromatic rings. The zero-order valence-corrected chi connectivity index (χ0v) is 19.5. The highest BCUT2D eigenvalue weighted by Gasteiger charge is 2.40. The molecule has 6 heteroatoms. The van der Waals surface area contributed by atoms with Gasteiger partial charge in [-0.1, -0.05) is 13.8 Å². The van der Waals surface area contributed by atoms with Crippen molar-refractivity contribution < 1.29 is 4.79 Å². The number of ketones is 1. The number of hydrogen-bond donors (Lipinski definition) is 0. The van der Waals surface area contributed by atoms with Crippen LogP contribution in [0.3, 0.4) is 0 Å². The zero-order valence-electron chi connectivity index (χ0n) is 19.5. The van der Waals surface area contributed by atoms with Crippen LogP contribution < -0.4 is 4.90 Å². The number of anilines is 1. The van der Waals surface area contributed by atoms with E-state index in [1.165, 1.54) is 37.8 Å². The van der Waals surface area contributed by atoms with E-state index >= 15 is 0 Å². The maximum atomic E-state index is 12.1. The zero-order chi connectivity index (χ0) is 21.5. The number of hydrogen-bond acceptors (Lipinski definition) is 6. The molecule has 31 heavy (non-hydrogen) atoms. The van der Waals surface area contributed by atoms with Crippen molar-refractivity contribution in [3.05, 3.63) is 18.0 Å². The Balaban J connectivity index is 1.10. The van der Waals surface area contributed by atoms with Crippen LogP contribution in [0.2, 0.25) is 0 Å². The number of likely N-dealkylation sites (tertiary alicyclic amines) is 2. The fourth-order valence-electron chi connectivity index (χ4n) is 6.52. The number of likely N-dealkylation sites (N-methyl/N-ethyl adjacent to an activating group) is 1. The molecule has 6 nitrogen and oxygen atoms in total. The van der Waals surface area contributed by atoms with Crippen molar-refractivity contribution in [3.63, 3.8) is 0 Å². The topological polar surface area (TPSA) is 52.6 Å². The van der Waals surface area contributed by atoms with Crippen molar-refractivity contribution in [1.82, 2.24) is 19.8 Å². The molecule has 3 aliphatic heterocycles. The van der Waals surface area contributed by atoms with Crippen LogP contribution in [0.15, 0.2) is 12.4 Å². The summed E-state index contributed by atoms with van der Waals surface area (Å²) in [4.78, 5) is 29.3. The number of fused-ring (bicyclic) bond motifs is 2. The first-order valence-corrected chi connectivity index (χ1v) is 12.5. The molecule has 0 radical (unpaired) electrons. The largest absolute Gasteiger partial charge is 0.332 e. The summed E-state index contributed by atoms with van der Waals surface area (Å²) >= 11 is 0. The molecule has 4 heterocycles. The SMILES string of the molecule is CC(C)C(=O)C1CC(CN2CCC(c3cnc(N4C5CCC4CN(C)C5)nc3)CC2)C1. The van der Waals surface area contributed by atoms with E-state index in [0.29, 0.717) is 29.7 Å². The van der Waals surface area contributed by atoms with Crippen LogP contribution in [0.5, 0.6) is 0 Å². The first-order chi connectivity index (χ1) is 15.0. The number of nitrogens with zero attached hydrogens (tertiary/aromatic N) is 5. The van der Waals surface area contributed by atoms with Crippen LogP contribution >= 0.6 is 0 Å². The highest BCUT2D eigenvalue weighted by Crippen LogP contribution is 2.38. The smallest absolute Gasteiger partial charge is 0.225 e. The van der Waals surface area contributed by atoms with Crippen molar-refractivity contribution in [3.8, 4) is 0 Å². The molecule has 4 aliphatic rings. The third-order valence-corrected chi connectivity index (χ3v) is 8.34. The van der Waals surface area contributed by atoms with Gasteiger partial charge in [0.1, 0.15) is 5.78 Å². The molecule has 2 bridgehead atoms. The number of carbonyl (C=O) groups excluding carboxylic acids is 1. The molecule has 0 amide bonds. The molecule has 2 unspecified atom stereocenters. The van der Waals surface area contributed by atoms with Crippen LogP contribution in [-0.2, 0) is 4.79 Å². The lowest BCUT2D eigenvalue weighted by Gasteiger charge is -2.41. The number of Topliss-reactive ketones (excluding diaryl/α,β-unsaturated/α-hetero) is 1. The highest BCUT2D eigenvalue weighted by atomic mass is 16.1. The van der Waals surface area contributed by atoms with Gasteiger partial charge in [-0.3, -0.25) is 4.79 Å². The number of piperazine rings is 1. The third kappa shape index (κ3) is 4.38. The molecular weight excluding hydrogens is 386 g/mol. The summed E-state index contributed by atoms with van der Waals surface area (Å²) in [7, 11) is 2.23. The van der Waals surface area contributed by atoms with Crippen LogP contribution in [0.4, 0.5) is 5.95 Å². The predicted molar refractivity (Wildman–Crippen MR) is 123 cm³/mol. The quantitative estimate of drug-likeness (QED) is 0.698. The Bertz CT molecular complexity index is 753. The molecule has 1 aliphatic carbocycles. The van der Waals surface area contributed by atoms with E-state index < -0.39 is 0 Å². The van der Waals surface area contributed by atoms with Gasteiger partial charge in [0.25, 0.3) is 0 Å². The van der Waals surface area contributed by atoms with Crippen LogP contribution in [0.25, 0.3) is 0 Å². The van der Waals surface area contributed by atoms with Gasteiger partial charge in [-0.05, 0) is 76.1 Å². The average Bonchev–Trinajstić information content (AvgIpc) is 3.01. The molecular formula is C25H39N5O. The van der Waals surface area contributed by atoms with E-state index in [2.05, 4.69) is 34.1 Å². The summed E-state index contributed by atoms with van der Waals surface area (Å²) in [5, 5.41) is 0. The Morgan fingerprint density at radius 2 is 1.65 bits per heavy atom. The van der Waals surface area contributed by atoms with Crippen molar-refractivity contribution in [1.29, 1.82) is 0 Å². The lowest BCUT2D eigenvalue weighted by Crippen LogP contribution is -2.53. The standard InChI is InChI=1S/C25H39N5O/c1-17(2)24(31)20-10-18(11-20)14-29-8-6-19(7-9-29)21-12-26-25(27-13-21)30-22-4-5-23(30)16-28(3)15-22/h12-13,17-20,22-23H,4-11,14-16H2,1-3H3. The minimum absolute atomic E-state index is 0.196. The molecule has 4 fully saturated rings. The second-order valence-electron chi connectivity index (χ2n) is 11.0. The second-order valence-corrected chi connectivity index (χ2v) is 11.0. The van der Waals surface area contributed by atoms with E-state index in [-0.39, 0.29) is 5.92 Å². The Morgan fingerprint density at radius 3 is 2.23 bits per heavy atom. The van der Waals surface area contributed by atoms with Gasteiger partial charge in [-0.15, -0.1) is 0 Å².